The van der Waals surface area contributed by atoms with Crippen molar-refractivity contribution in [2.75, 3.05) is 38.2 Å². The van der Waals surface area contributed by atoms with Gasteiger partial charge in [0.1, 0.15) is 11.7 Å². The van der Waals surface area contributed by atoms with Crippen LogP contribution in [0.4, 0.5) is 11.5 Å². The molecule has 2 unspecified atom stereocenters. The van der Waals surface area contributed by atoms with Crippen LogP contribution in [-0.2, 0) is 4.79 Å². The number of aliphatic imine (C=N–C) groups is 1. The summed E-state index contributed by atoms with van der Waals surface area (Å²) in [5.41, 5.74) is 2.68. The van der Waals surface area contributed by atoms with Crippen molar-refractivity contribution >= 4 is 46.3 Å². The van der Waals surface area contributed by atoms with Gasteiger partial charge in [-0.2, -0.15) is 5.10 Å². The van der Waals surface area contributed by atoms with Crippen LogP contribution in [0.25, 0.3) is 0 Å². The molecule has 0 spiro atoms. The highest BCUT2D eigenvalue weighted by Crippen LogP contribution is 2.39. The molecule has 0 aliphatic carbocycles. The number of hydrogen-bond acceptors (Lipinski definition) is 5. The van der Waals surface area contributed by atoms with E-state index in [9.17, 15) is 4.79 Å². The second kappa shape index (κ2) is 9.31. The van der Waals surface area contributed by atoms with Crippen molar-refractivity contribution in [2.24, 2.45) is 10.9 Å². The number of piperazine rings is 1. The molecule has 3 heterocycles. The van der Waals surface area contributed by atoms with Crippen LogP contribution in [0.2, 0.25) is 10.0 Å². The van der Waals surface area contributed by atoms with Crippen LogP contribution in [-0.4, -0.2) is 59.6 Å². The van der Waals surface area contributed by atoms with Gasteiger partial charge in [-0.25, -0.2) is 9.67 Å². The summed E-state index contributed by atoms with van der Waals surface area (Å²) in [6.07, 6.45) is 1.70. The highest BCUT2D eigenvalue weighted by molar-refractivity contribution is 6.42. The fourth-order valence-electron chi connectivity index (χ4n) is 4.83. The maximum Gasteiger partial charge on any atom is 0.234 e. The lowest BCUT2D eigenvalue weighted by molar-refractivity contribution is -0.134. The Labute approximate surface area is 208 Å². The topological polar surface area (TPSA) is 63.0 Å². The second-order valence-corrected chi connectivity index (χ2v) is 9.28. The van der Waals surface area contributed by atoms with E-state index in [1.54, 1.807) is 24.1 Å². The summed E-state index contributed by atoms with van der Waals surface area (Å²) in [5.74, 6) is 1.11. The normalized spacial score (nSPS) is 20.1. The third-order valence-corrected chi connectivity index (χ3v) is 7.28. The number of ether oxygens (including phenoxy) is 1. The molecule has 1 fully saturated rings. The van der Waals surface area contributed by atoms with E-state index in [1.165, 1.54) is 0 Å². The predicted molar refractivity (Wildman–Crippen MR) is 135 cm³/mol. The minimum absolute atomic E-state index is 0.0400. The molecule has 1 aromatic heterocycles. The van der Waals surface area contributed by atoms with E-state index in [2.05, 4.69) is 15.0 Å². The third-order valence-electron chi connectivity index (χ3n) is 6.54. The van der Waals surface area contributed by atoms with E-state index in [0.29, 0.717) is 23.1 Å². The Hall–Kier alpha value is -3.03. The van der Waals surface area contributed by atoms with Gasteiger partial charge < -0.3 is 14.5 Å². The van der Waals surface area contributed by atoms with Gasteiger partial charge in [0.05, 0.1) is 35.1 Å². The van der Waals surface area contributed by atoms with Crippen LogP contribution < -0.4 is 9.64 Å². The Morgan fingerprint density at radius 3 is 2.53 bits per heavy atom. The summed E-state index contributed by atoms with van der Waals surface area (Å²) in [6.45, 7) is 4.58. The van der Waals surface area contributed by atoms with E-state index in [1.807, 2.05) is 54.3 Å². The van der Waals surface area contributed by atoms with Gasteiger partial charge in [-0.1, -0.05) is 41.4 Å². The van der Waals surface area contributed by atoms with Crippen molar-refractivity contribution in [2.45, 2.75) is 13.0 Å². The number of nitrogens with zero attached hydrogens (tertiary/aromatic N) is 5. The first-order chi connectivity index (χ1) is 16.5. The number of halogens is 2. The smallest absolute Gasteiger partial charge is 0.234 e. The molecule has 0 bridgehead atoms. The number of amides is 1. The van der Waals surface area contributed by atoms with Gasteiger partial charge >= 0.3 is 0 Å². The average Bonchev–Trinajstić information content (AvgIpc) is 3.32. The predicted octanol–water partition coefficient (Wildman–Crippen LogP) is 4.86. The molecule has 2 aliphatic rings. The fourth-order valence-corrected chi connectivity index (χ4v) is 5.14. The van der Waals surface area contributed by atoms with Crippen molar-refractivity contribution in [3.05, 3.63) is 70.3 Å². The summed E-state index contributed by atoms with van der Waals surface area (Å²) in [6, 6.07) is 14.9. The summed E-state index contributed by atoms with van der Waals surface area (Å²) >= 11 is 12.5. The number of hydrogen-bond donors (Lipinski definition) is 0. The van der Waals surface area contributed by atoms with Gasteiger partial charge in [-0.05, 0) is 36.8 Å². The first kappa shape index (κ1) is 22.7. The van der Waals surface area contributed by atoms with E-state index >= 15 is 0 Å². The summed E-state index contributed by atoms with van der Waals surface area (Å²) in [7, 11) is 1.68. The monoisotopic (exact) mass is 497 g/mol. The molecule has 2 aliphatic heterocycles. The Kier molecular flexibility index (Phi) is 6.23. The Bertz CT molecular complexity index is 1250. The summed E-state index contributed by atoms with van der Waals surface area (Å²) < 4.78 is 7.33. The van der Waals surface area contributed by atoms with Gasteiger partial charge in [0, 0.05) is 38.0 Å². The van der Waals surface area contributed by atoms with Gasteiger partial charge in [-0.3, -0.25) is 4.79 Å². The van der Waals surface area contributed by atoms with E-state index < -0.39 is 5.92 Å². The average molecular weight is 498 g/mol. The summed E-state index contributed by atoms with van der Waals surface area (Å²) in [5, 5.41) is 5.41. The number of benzene rings is 2. The molecule has 2 aromatic carbocycles. The van der Waals surface area contributed by atoms with Crippen LogP contribution in [0.3, 0.4) is 0 Å². The van der Waals surface area contributed by atoms with Crippen LogP contribution in [0.15, 0.2) is 59.7 Å². The van der Waals surface area contributed by atoms with E-state index in [4.69, 9.17) is 27.9 Å². The van der Waals surface area contributed by atoms with Gasteiger partial charge in [-0.15, -0.1) is 0 Å². The Balaban J connectivity index is 1.41. The van der Waals surface area contributed by atoms with Crippen LogP contribution in [0, 0.1) is 5.92 Å². The largest absolute Gasteiger partial charge is 0.495 e. The molecule has 5 rings (SSSR count). The highest BCUT2D eigenvalue weighted by Gasteiger charge is 2.41. The molecule has 7 nitrogen and oxygen atoms in total. The number of aromatic nitrogens is 2. The second-order valence-electron chi connectivity index (χ2n) is 8.47. The fraction of sp³-hybridized carbons (Fsp3) is 0.320. The molecular formula is C25H25Cl2N5O2. The minimum Gasteiger partial charge on any atom is -0.495 e. The van der Waals surface area contributed by atoms with Crippen molar-refractivity contribution < 1.29 is 9.53 Å². The van der Waals surface area contributed by atoms with Crippen molar-refractivity contribution in [3.63, 3.8) is 0 Å². The molecule has 34 heavy (non-hydrogen) atoms. The molecule has 9 heteroatoms. The van der Waals surface area contributed by atoms with Crippen molar-refractivity contribution in [1.29, 1.82) is 0 Å². The van der Waals surface area contributed by atoms with Gasteiger partial charge in [0.2, 0.25) is 5.91 Å². The molecule has 0 N–H and O–H groups in total. The van der Waals surface area contributed by atoms with Crippen molar-refractivity contribution in [3.8, 4) is 5.75 Å². The Morgan fingerprint density at radius 2 is 1.79 bits per heavy atom. The number of carbonyl (C=O) groups excluding carboxylic acids is 1. The lowest BCUT2D eigenvalue weighted by atomic mass is 9.87. The molecular weight excluding hydrogens is 473 g/mol. The molecule has 176 valence electrons. The zero-order valence-corrected chi connectivity index (χ0v) is 20.5. The summed E-state index contributed by atoms with van der Waals surface area (Å²) in [4.78, 5) is 22.8. The molecule has 1 amide bonds. The number of anilines is 1. The maximum absolute atomic E-state index is 13.9. The molecule has 2 atom stereocenters. The van der Waals surface area contributed by atoms with Gasteiger partial charge in [0.25, 0.3) is 0 Å². The maximum atomic E-state index is 13.9. The van der Waals surface area contributed by atoms with Crippen LogP contribution in [0.1, 0.15) is 18.5 Å². The number of rotatable bonds is 4. The zero-order chi connectivity index (χ0) is 23.8. The number of para-hydroxylation sites is 2. The quantitative estimate of drug-likeness (QED) is 0.516. The lowest BCUT2D eigenvalue weighted by Gasteiger charge is -2.40. The standard InChI is InChI=1S/C25H25Cl2N5O2/c1-16-23(24(32-22(29-16)9-10-28-32)17-7-8-18(26)19(27)15-17)25(33)31-13-11-30(12-14-31)20-5-3-4-6-21(20)34-2/h3-10,15,23-24H,11-14H2,1-2H3. The molecule has 0 saturated carbocycles. The lowest BCUT2D eigenvalue weighted by Crippen LogP contribution is -2.53. The number of fused-ring (bicyclic) bond motifs is 1. The SMILES string of the molecule is COc1ccccc1N1CCN(C(=O)C2C(C)=Nc3ccnn3C2c2ccc(Cl)c(Cl)c2)CC1. The molecule has 1 saturated heterocycles. The first-order valence-electron chi connectivity index (χ1n) is 11.2. The highest BCUT2D eigenvalue weighted by atomic mass is 35.5. The van der Waals surface area contributed by atoms with Crippen LogP contribution in [0.5, 0.6) is 5.75 Å². The Morgan fingerprint density at radius 1 is 1.03 bits per heavy atom. The van der Waals surface area contributed by atoms with Gasteiger partial charge in [0.15, 0.2) is 5.82 Å². The van der Waals surface area contributed by atoms with Crippen LogP contribution >= 0.6 is 23.2 Å². The third kappa shape index (κ3) is 4.03. The molecule has 3 aromatic rings. The van der Waals surface area contributed by atoms with Crippen molar-refractivity contribution in [1.82, 2.24) is 14.7 Å². The number of carbonyl (C=O) groups is 1. The molecule has 0 radical (unpaired) electrons. The van der Waals surface area contributed by atoms with E-state index in [-0.39, 0.29) is 11.9 Å². The van der Waals surface area contributed by atoms with E-state index in [0.717, 1.165) is 41.6 Å². The first-order valence-corrected chi connectivity index (χ1v) is 11.9. The number of methoxy groups -OCH3 is 1. The zero-order valence-electron chi connectivity index (χ0n) is 19.0. The minimum atomic E-state index is -0.484.